The number of rotatable bonds is 6. The zero-order valence-electron chi connectivity index (χ0n) is 12.6. The molecule has 0 spiro atoms. The number of nitro benzene ring substituents is 2. The number of ether oxygens (including phenoxy) is 2. The third kappa shape index (κ3) is 4.45. The van der Waals surface area contributed by atoms with Crippen LogP contribution in [0.1, 0.15) is 0 Å². The van der Waals surface area contributed by atoms with Crippen molar-refractivity contribution < 1.29 is 52.9 Å². The third-order valence-electron chi connectivity index (χ3n) is 2.89. The van der Waals surface area contributed by atoms with Crippen molar-refractivity contribution in [2.45, 2.75) is 0 Å². The van der Waals surface area contributed by atoms with E-state index in [-0.39, 0.29) is 35.3 Å². The molecule has 0 bridgehead atoms. The Balaban J connectivity index is 0.00000288. The molecule has 0 radical (unpaired) electrons. The number of hydrogen-bond donors (Lipinski definition) is 0. The van der Waals surface area contributed by atoms with Crippen LogP contribution in [0.25, 0.3) is 0 Å². The lowest BCUT2D eigenvalue weighted by Crippen LogP contribution is -3.61. The van der Waals surface area contributed by atoms with Crippen LogP contribution in [0.4, 0.5) is 11.4 Å². The fourth-order valence-electron chi connectivity index (χ4n) is 1.86. The molecule has 0 N–H and O–H groups in total. The van der Waals surface area contributed by atoms with E-state index in [4.69, 9.17) is 9.47 Å². The maximum Gasteiger partial charge on any atom is 0.358 e. The van der Waals surface area contributed by atoms with E-state index < -0.39 is 31.1 Å². The third-order valence-corrected chi connectivity index (χ3v) is 5.48. The molecule has 0 amide bonds. The average molecular weight is 467 g/mol. The topological polar surface area (TPSA) is 105 Å². The number of nitrogens with zero attached hydrogens (tertiary/aromatic N) is 2. The Bertz CT molecular complexity index is 707. The summed E-state index contributed by atoms with van der Waals surface area (Å²) in [4.78, 5) is 21.1. The van der Waals surface area contributed by atoms with Crippen molar-refractivity contribution in [2.75, 3.05) is 14.2 Å². The number of benzene rings is 2. The molecule has 24 heavy (non-hydrogen) atoms. The molecule has 0 atom stereocenters. The molecule has 0 aliphatic carbocycles. The van der Waals surface area contributed by atoms with Crippen molar-refractivity contribution in [2.24, 2.45) is 0 Å². The summed E-state index contributed by atoms with van der Waals surface area (Å²) in [5, 5.41) is 22.1. The normalized spacial score (nSPS) is 9.75. The first-order valence-electron chi connectivity index (χ1n) is 6.26. The number of methoxy groups -OCH3 is 2. The van der Waals surface area contributed by atoms with Crippen molar-refractivity contribution >= 4 is 11.4 Å². The zero-order chi connectivity index (χ0) is 17.0. The van der Waals surface area contributed by atoms with Crippen LogP contribution in [0, 0.1) is 27.4 Å². The van der Waals surface area contributed by atoms with E-state index in [2.05, 4.69) is 0 Å². The van der Waals surface area contributed by atoms with Crippen molar-refractivity contribution in [1.29, 1.82) is 0 Å². The first-order chi connectivity index (χ1) is 11.0. The van der Waals surface area contributed by atoms with Crippen LogP contribution in [0.2, 0.25) is 0 Å². The second-order valence-corrected chi connectivity index (χ2v) is 7.27. The second kappa shape index (κ2) is 8.64. The molecule has 2 rings (SSSR count). The highest BCUT2D eigenvalue weighted by Crippen LogP contribution is 2.26. The van der Waals surface area contributed by atoms with Gasteiger partial charge < -0.3 is 21.9 Å². The van der Waals surface area contributed by atoms with E-state index >= 15 is 0 Å². The van der Waals surface area contributed by atoms with Crippen LogP contribution in [0.15, 0.2) is 36.4 Å². The predicted molar refractivity (Wildman–Crippen MR) is 76.7 cm³/mol. The van der Waals surface area contributed by atoms with E-state index in [0.29, 0.717) is 0 Å². The minimum absolute atomic E-state index is 0. The summed E-state index contributed by atoms with van der Waals surface area (Å²) in [6.45, 7) is 0. The van der Waals surface area contributed by atoms with E-state index in [9.17, 15) is 20.2 Å². The maximum absolute atomic E-state index is 11.0. The number of hydrogen-bond acceptors (Lipinski definition) is 6. The van der Waals surface area contributed by atoms with Crippen LogP contribution in [0.5, 0.6) is 11.5 Å². The van der Waals surface area contributed by atoms with Crippen molar-refractivity contribution in [3.63, 3.8) is 0 Å². The molecule has 8 nitrogen and oxygen atoms in total. The highest BCUT2D eigenvalue weighted by Gasteiger charge is 2.26. The fourth-order valence-corrected chi connectivity index (χ4v) is 4.19. The Kier molecular flexibility index (Phi) is 7.17. The summed E-state index contributed by atoms with van der Waals surface area (Å²) in [5.74, 6) is 0.368. The molecule has 0 aliphatic heterocycles. The summed E-state index contributed by atoms with van der Waals surface area (Å²) in [5.41, 5.74) is -0.236. The van der Waals surface area contributed by atoms with Crippen LogP contribution in [-0.4, -0.2) is 24.1 Å². The van der Waals surface area contributed by atoms with E-state index in [0.717, 1.165) is 7.14 Å². The summed E-state index contributed by atoms with van der Waals surface area (Å²) in [7, 11) is 2.73. The van der Waals surface area contributed by atoms with Gasteiger partial charge in [0, 0.05) is 0 Å². The van der Waals surface area contributed by atoms with Gasteiger partial charge in [-0.05, 0) is 24.3 Å². The van der Waals surface area contributed by atoms with Gasteiger partial charge in [0.25, 0.3) is 0 Å². The highest BCUT2D eigenvalue weighted by molar-refractivity contribution is 5.46. The van der Waals surface area contributed by atoms with Crippen LogP contribution in [0.3, 0.4) is 0 Å². The standard InChI is InChI=1S/C14H12IN2O6.ClH/c1-22-13-5-3-9(7-11(13)16(18)19)15-10-4-6-14(23-2)12(8-10)17(20)21;/h3-8H,1-2H3;1H/q+1;/p-1. The highest BCUT2D eigenvalue weighted by atomic mass is 127. The smallest absolute Gasteiger partial charge is 0.358 e. The average Bonchev–Trinajstić information content (AvgIpc) is 2.54. The van der Waals surface area contributed by atoms with Gasteiger partial charge in [-0.3, -0.25) is 20.2 Å². The molecule has 10 heteroatoms. The minimum atomic E-state index is -0.812. The molecule has 2 aromatic rings. The monoisotopic (exact) mass is 466 g/mol. The lowest BCUT2D eigenvalue weighted by atomic mass is 10.3. The van der Waals surface area contributed by atoms with Gasteiger partial charge in [-0.15, -0.1) is 0 Å². The van der Waals surface area contributed by atoms with Crippen LogP contribution in [-0.2, 0) is 0 Å². The van der Waals surface area contributed by atoms with E-state index in [1.54, 1.807) is 12.1 Å². The molecule has 2 aromatic carbocycles. The molecular weight excluding hydrogens is 455 g/mol. The summed E-state index contributed by atoms with van der Waals surface area (Å²) < 4.78 is 11.4. The molecule has 0 saturated heterocycles. The first kappa shape index (κ1) is 19.9. The molecule has 0 aromatic heterocycles. The molecule has 0 unspecified atom stereocenters. The Labute approximate surface area is 153 Å². The fraction of sp³-hybridized carbons (Fsp3) is 0.143. The van der Waals surface area contributed by atoms with Gasteiger partial charge in [-0.1, -0.05) is 0 Å². The Morgan fingerprint density at radius 1 is 0.833 bits per heavy atom. The second-order valence-electron chi connectivity index (χ2n) is 4.24. The molecule has 0 saturated carbocycles. The molecule has 0 fully saturated rings. The van der Waals surface area contributed by atoms with Gasteiger partial charge in [0.05, 0.1) is 36.2 Å². The summed E-state index contributed by atoms with van der Waals surface area (Å²) in [6, 6.07) is 9.42. The Morgan fingerprint density at radius 2 is 1.21 bits per heavy atom. The zero-order valence-corrected chi connectivity index (χ0v) is 15.5. The van der Waals surface area contributed by atoms with E-state index in [1.165, 1.54) is 38.5 Å². The Morgan fingerprint density at radius 3 is 1.50 bits per heavy atom. The SMILES string of the molecule is COc1ccc([I+]c2ccc(OC)c([N+](=O)[O-])c2)cc1[N+](=O)[O-].[Cl-]. The lowest BCUT2D eigenvalue weighted by molar-refractivity contribution is -0.598. The van der Waals surface area contributed by atoms with Crippen molar-refractivity contribution in [3.8, 4) is 11.5 Å². The molecule has 128 valence electrons. The Hall–Kier alpha value is -2.14. The lowest BCUT2D eigenvalue weighted by Gasteiger charge is -2.00. The first-order valence-corrected chi connectivity index (χ1v) is 8.41. The molecule has 0 heterocycles. The molecule has 0 aliphatic rings. The summed E-state index contributed by atoms with van der Waals surface area (Å²) in [6.07, 6.45) is 0. The van der Waals surface area contributed by atoms with Crippen molar-refractivity contribution in [1.82, 2.24) is 0 Å². The molecular formula is C14H12ClIN2O6. The summed E-state index contributed by atoms with van der Waals surface area (Å²) >= 11 is -0.812. The van der Waals surface area contributed by atoms with Gasteiger partial charge in [0.15, 0.2) is 11.5 Å². The minimum Gasteiger partial charge on any atom is -1.00 e. The van der Waals surface area contributed by atoms with Crippen LogP contribution >= 0.6 is 0 Å². The quantitative estimate of drug-likeness (QED) is 0.250. The van der Waals surface area contributed by atoms with Gasteiger partial charge in [0.2, 0.25) is 7.14 Å². The van der Waals surface area contributed by atoms with E-state index in [1.807, 2.05) is 0 Å². The maximum atomic E-state index is 11.0. The van der Waals surface area contributed by atoms with Crippen LogP contribution < -0.4 is 43.1 Å². The largest absolute Gasteiger partial charge is 1.00 e. The van der Waals surface area contributed by atoms with Gasteiger partial charge in [-0.25, -0.2) is 0 Å². The predicted octanol–water partition coefficient (Wildman–Crippen LogP) is -3.35. The van der Waals surface area contributed by atoms with Gasteiger partial charge >= 0.3 is 32.6 Å². The number of nitro groups is 2. The number of halogens is 2. The van der Waals surface area contributed by atoms with Crippen molar-refractivity contribution in [3.05, 3.63) is 63.8 Å². The van der Waals surface area contributed by atoms with Gasteiger partial charge in [0.1, 0.15) is 0 Å². The van der Waals surface area contributed by atoms with Gasteiger partial charge in [-0.2, -0.15) is 0 Å².